The summed E-state index contributed by atoms with van der Waals surface area (Å²) in [5.74, 6) is 0. The highest BCUT2D eigenvalue weighted by molar-refractivity contribution is 4.92. The van der Waals surface area contributed by atoms with E-state index in [1.165, 1.54) is 25.9 Å². The maximum absolute atomic E-state index is 6.15. The van der Waals surface area contributed by atoms with Crippen molar-refractivity contribution < 1.29 is 9.47 Å². The van der Waals surface area contributed by atoms with Crippen molar-refractivity contribution in [2.45, 2.75) is 51.2 Å². The Kier molecular flexibility index (Phi) is 5.46. The number of likely N-dealkylation sites (tertiary alicyclic amines) is 1. The predicted molar refractivity (Wildman–Crippen MR) is 82.2 cm³/mol. The molecule has 118 valence electrons. The van der Waals surface area contributed by atoms with E-state index in [9.17, 15) is 0 Å². The molecule has 0 saturated carbocycles. The molecule has 0 aromatic rings. The topological polar surface area (TPSA) is 24.9 Å². The number of hydrogen-bond donors (Lipinski definition) is 0. The summed E-state index contributed by atoms with van der Waals surface area (Å²) in [4.78, 5) is 4.98. The van der Waals surface area contributed by atoms with Crippen molar-refractivity contribution in [1.29, 1.82) is 0 Å². The van der Waals surface area contributed by atoms with Gasteiger partial charge in [-0.25, -0.2) is 0 Å². The molecular weight excluding hydrogens is 252 g/mol. The van der Waals surface area contributed by atoms with Crippen LogP contribution in [0.25, 0.3) is 0 Å². The second-order valence-corrected chi connectivity index (χ2v) is 7.43. The molecule has 2 fully saturated rings. The molecule has 0 aliphatic carbocycles. The van der Waals surface area contributed by atoms with E-state index in [0.29, 0.717) is 0 Å². The highest BCUT2D eigenvalue weighted by atomic mass is 16.5. The van der Waals surface area contributed by atoms with Crippen molar-refractivity contribution in [3.05, 3.63) is 0 Å². The lowest BCUT2D eigenvalue weighted by atomic mass is 9.89. The van der Waals surface area contributed by atoms with Crippen LogP contribution in [0.4, 0.5) is 0 Å². The number of morpholine rings is 1. The molecule has 2 saturated heterocycles. The minimum Gasteiger partial charge on any atom is -0.376 e. The first-order chi connectivity index (χ1) is 9.39. The van der Waals surface area contributed by atoms with Gasteiger partial charge in [-0.1, -0.05) is 0 Å². The Morgan fingerprint density at radius 2 is 1.85 bits per heavy atom. The van der Waals surface area contributed by atoms with Crippen LogP contribution in [0.3, 0.4) is 0 Å². The largest absolute Gasteiger partial charge is 0.376 e. The Hall–Kier alpha value is -0.160. The van der Waals surface area contributed by atoms with E-state index in [4.69, 9.17) is 9.47 Å². The summed E-state index contributed by atoms with van der Waals surface area (Å²) in [6.45, 7) is 13.8. The number of hydrogen-bond acceptors (Lipinski definition) is 4. The zero-order valence-electron chi connectivity index (χ0n) is 13.8. The quantitative estimate of drug-likeness (QED) is 0.737. The Morgan fingerprint density at radius 1 is 1.15 bits per heavy atom. The van der Waals surface area contributed by atoms with E-state index < -0.39 is 0 Å². The lowest BCUT2D eigenvalue weighted by Gasteiger charge is -2.46. The molecule has 20 heavy (non-hydrogen) atoms. The molecule has 0 N–H and O–H groups in total. The Balaban J connectivity index is 1.71. The summed E-state index contributed by atoms with van der Waals surface area (Å²) in [5, 5.41) is 0. The van der Waals surface area contributed by atoms with Gasteiger partial charge in [0.15, 0.2) is 0 Å². The molecule has 1 spiro atoms. The van der Waals surface area contributed by atoms with Gasteiger partial charge in [-0.3, -0.25) is 4.90 Å². The van der Waals surface area contributed by atoms with E-state index in [2.05, 4.69) is 37.6 Å². The molecule has 0 atom stereocenters. The third-order valence-electron chi connectivity index (χ3n) is 4.38. The van der Waals surface area contributed by atoms with Crippen molar-refractivity contribution in [2.24, 2.45) is 0 Å². The zero-order valence-corrected chi connectivity index (χ0v) is 13.8. The van der Waals surface area contributed by atoms with Gasteiger partial charge in [0.1, 0.15) is 0 Å². The number of ether oxygens (including phenoxy) is 2. The maximum atomic E-state index is 6.15. The van der Waals surface area contributed by atoms with Crippen LogP contribution < -0.4 is 0 Å². The van der Waals surface area contributed by atoms with Gasteiger partial charge >= 0.3 is 0 Å². The highest BCUT2D eigenvalue weighted by Gasteiger charge is 2.38. The molecule has 0 aromatic carbocycles. The molecule has 4 heteroatoms. The fraction of sp³-hybridized carbons (Fsp3) is 1.00. The Morgan fingerprint density at radius 3 is 2.50 bits per heavy atom. The molecule has 4 nitrogen and oxygen atoms in total. The van der Waals surface area contributed by atoms with Gasteiger partial charge in [0.25, 0.3) is 0 Å². The second-order valence-electron chi connectivity index (χ2n) is 7.43. The molecule has 0 amide bonds. The summed E-state index contributed by atoms with van der Waals surface area (Å²) in [5.41, 5.74) is 0.121. The van der Waals surface area contributed by atoms with Crippen LogP contribution in [-0.4, -0.2) is 74.0 Å². The minimum absolute atomic E-state index is 0.0137. The monoisotopic (exact) mass is 284 g/mol. The van der Waals surface area contributed by atoms with Crippen molar-refractivity contribution >= 4 is 0 Å². The first-order valence-electron chi connectivity index (χ1n) is 8.07. The van der Waals surface area contributed by atoms with Crippen LogP contribution in [0.15, 0.2) is 0 Å². The molecule has 2 aliphatic rings. The van der Waals surface area contributed by atoms with Crippen molar-refractivity contribution in [2.75, 3.05) is 53.0 Å². The van der Waals surface area contributed by atoms with E-state index >= 15 is 0 Å². The summed E-state index contributed by atoms with van der Waals surface area (Å²) >= 11 is 0. The van der Waals surface area contributed by atoms with Crippen LogP contribution in [-0.2, 0) is 9.47 Å². The highest BCUT2D eigenvalue weighted by Crippen LogP contribution is 2.29. The second kappa shape index (κ2) is 6.73. The van der Waals surface area contributed by atoms with Crippen LogP contribution >= 0.6 is 0 Å². The molecule has 0 aromatic heterocycles. The lowest BCUT2D eigenvalue weighted by Crippen LogP contribution is -2.56. The normalized spacial score (nSPS) is 25.2. The van der Waals surface area contributed by atoms with Crippen molar-refractivity contribution in [1.82, 2.24) is 9.80 Å². The average molecular weight is 284 g/mol. The summed E-state index contributed by atoms with van der Waals surface area (Å²) in [7, 11) is 2.21. The van der Waals surface area contributed by atoms with Gasteiger partial charge in [0.05, 0.1) is 17.8 Å². The molecule has 0 unspecified atom stereocenters. The summed E-state index contributed by atoms with van der Waals surface area (Å²) in [6.07, 6.45) is 3.48. The van der Waals surface area contributed by atoms with E-state index in [0.717, 1.165) is 39.3 Å². The third kappa shape index (κ3) is 4.99. The Bertz CT molecular complexity index is 293. The number of nitrogens with zero attached hydrogens (tertiary/aromatic N) is 2. The van der Waals surface area contributed by atoms with Crippen molar-refractivity contribution in [3.8, 4) is 0 Å². The van der Waals surface area contributed by atoms with Crippen LogP contribution in [0.2, 0.25) is 0 Å². The van der Waals surface area contributed by atoms with Crippen LogP contribution in [0.5, 0.6) is 0 Å². The minimum atomic E-state index is -0.0137. The lowest BCUT2D eigenvalue weighted by molar-refractivity contribution is -0.135. The summed E-state index contributed by atoms with van der Waals surface area (Å²) < 4.78 is 12.0. The van der Waals surface area contributed by atoms with Gasteiger partial charge < -0.3 is 14.4 Å². The Labute approximate surface area is 124 Å². The van der Waals surface area contributed by atoms with Gasteiger partial charge in [-0.05, 0) is 47.1 Å². The fourth-order valence-electron chi connectivity index (χ4n) is 3.11. The van der Waals surface area contributed by atoms with E-state index in [-0.39, 0.29) is 11.2 Å². The van der Waals surface area contributed by atoms with Gasteiger partial charge in [-0.2, -0.15) is 0 Å². The smallest absolute Gasteiger partial charge is 0.0833 e. The molecule has 0 bridgehead atoms. The van der Waals surface area contributed by atoms with Crippen LogP contribution in [0, 0.1) is 0 Å². The maximum Gasteiger partial charge on any atom is 0.0833 e. The van der Waals surface area contributed by atoms with Gasteiger partial charge in [-0.15, -0.1) is 0 Å². The standard InChI is InChI=1S/C16H32N2O2/c1-15(2,3)19-12-5-8-18-11-13-20-16(14-18)6-9-17(4)10-7-16/h5-14H2,1-4H3. The predicted octanol–water partition coefficient (Wildman–Crippen LogP) is 1.99. The molecular formula is C16H32N2O2. The number of piperidine rings is 1. The first kappa shape index (κ1) is 16.2. The molecule has 2 heterocycles. The van der Waals surface area contributed by atoms with Gasteiger partial charge in [0.2, 0.25) is 0 Å². The van der Waals surface area contributed by atoms with Crippen molar-refractivity contribution in [3.63, 3.8) is 0 Å². The fourth-order valence-corrected chi connectivity index (χ4v) is 3.11. The van der Waals surface area contributed by atoms with E-state index in [1.54, 1.807) is 0 Å². The third-order valence-corrected chi connectivity index (χ3v) is 4.38. The zero-order chi connectivity index (χ0) is 14.6. The molecule has 0 radical (unpaired) electrons. The SMILES string of the molecule is CN1CCC2(CC1)CN(CCCOC(C)(C)C)CCO2. The first-order valence-corrected chi connectivity index (χ1v) is 8.07. The van der Waals surface area contributed by atoms with E-state index in [1.807, 2.05) is 0 Å². The average Bonchev–Trinajstić information content (AvgIpc) is 2.38. The van der Waals surface area contributed by atoms with Crippen LogP contribution in [0.1, 0.15) is 40.0 Å². The molecule has 2 rings (SSSR count). The summed E-state index contributed by atoms with van der Waals surface area (Å²) in [6, 6.07) is 0. The van der Waals surface area contributed by atoms with Gasteiger partial charge in [0, 0.05) is 39.3 Å². The molecule has 2 aliphatic heterocycles. The number of rotatable bonds is 4.